The predicted molar refractivity (Wildman–Crippen MR) is 78.8 cm³/mol. The van der Waals surface area contributed by atoms with E-state index in [9.17, 15) is 0 Å². The van der Waals surface area contributed by atoms with Crippen LogP contribution in [0, 0.1) is 13.8 Å². The SMILES string of the molecule is CCNC1CC2(CCCC2)Oc2c(C)cc(C)cc21. The van der Waals surface area contributed by atoms with E-state index in [1.165, 1.54) is 42.4 Å². The van der Waals surface area contributed by atoms with Gasteiger partial charge in [-0.15, -0.1) is 0 Å². The summed E-state index contributed by atoms with van der Waals surface area (Å²) >= 11 is 0. The molecule has 1 unspecified atom stereocenters. The first-order valence-corrected chi connectivity index (χ1v) is 7.67. The second kappa shape index (κ2) is 4.82. The van der Waals surface area contributed by atoms with Gasteiger partial charge in [0.15, 0.2) is 0 Å². The van der Waals surface area contributed by atoms with E-state index in [0.29, 0.717) is 6.04 Å². The van der Waals surface area contributed by atoms with Crippen LogP contribution in [0.5, 0.6) is 5.75 Å². The van der Waals surface area contributed by atoms with Crippen molar-refractivity contribution in [2.24, 2.45) is 0 Å². The van der Waals surface area contributed by atoms with E-state index in [1.54, 1.807) is 0 Å². The Morgan fingerprint density at radius 3 is 2.68 bits per heavy atom. The predicted octanol–water partition coefficient (Wildman–Crippen LogP) is 4.05. The summed E-state index contributed by atoms with van der Waals surface area (Å²) in [6.45, 7) is 7.57. The van der Waals surface area contributed by atoms with Gasteiger partial charge in [-0.25, -0.2) is 0 Å². The Kier molecular flexibility index (Phi) is 3.30. The highest BCUT2D eigenvalue weighted by Gasteiger charge is 2.43. The van der Waals surface area contributed by atoms with E-state index in [-0.39, 0.29) is 5.60 Å². The lowest BCUT2D eigenvalue weighted by Gasteiger charge is -2.41. The maximum absolute atomic E-state index is 6.50. The number of benzene rings is 1. The first kappa shape index (κ1) is 13.0. The molecule has 0 saturated heterocycles. The quantitative estimate of drug-likeness (QED) is 0.865. The summed E-state index contributed by atoms with van der Waals surface area (Å²) in [6, 6.07) is 5.01. The lowest BCUT2D eigenvalue weighted by atomic mass is 9.84. The molecule has 0 radical (unpaired) electrons. The number of fused-ring (bicyclic) bond motifs is 1. The molecule has 104 valence electrons. The van der Waals surface area contributed by atoms with Crippen molar-refractivity contribution in [2.45, 2.75) is 64.5 Å². The Morgan fingerprint density at radius 2 is 2.00 bits per heavy atom. The number of ether oxygens (including phenoxy) is 1. The maximum atomic E-state index is 6.50. The van der Waals surface area contributed by atoms with Gasteiger partial charge in [-0.1, -0.05) is 24.6 Å². The van der Waals surface area contributed by atoms with Gasteiger partial charge in [-0.2, -0.15) is 0 Å². The van der Waals surface area contributed by atoms with Crippen LogP contribution in [0.1, 0.15) is 61.8 Å². The van der Waals surface area contributed by atoms with Gasteiger partial charge in [0.25, 0.3) is 0 Å². The van der Waals surface area contributed by atoms with Gasteiger partial charge >= 0.3 is 0 Å². The molecule has 1 saturated carbocycles. The normalized spacial score (nSPS) is 24.3. The number of hydrogen-bond acceptors (Lipinski definition) is 2. The Morgan fingerprint density at radius 1 is 1.26 bits per heavy atom. The minimum Gasteiger partial charge on any atom is -0.487 e. The van der Waals surface area contributed by atoms with Crippen LogP contribution in [0.25, 0.3) is 0 Å². The van der Waals surface area contributed by atoms with E-state index in [1.807, 2.05) is 0 Å². The lowest BCUT2D eigenvalue weighted by molar-refractivity contribution is 0.0362. The molecule has 1 aliphatic carbocycles. The summed E-state index contributed by atoms with van der Waals surface area (Å²) < 4.78 is 6.50. The van der Waals surface area contributed by atoms with Crippen molar-refractivity contribution in [1.82, 2.24) is 5.32 Å². The Hall–Kier alpha value is -1.02. The highest BCUT2D eigenvalue weighted by molar-refractivity contribution is 5.47. The summed E-state index contributed by atoms with van der Waals surface area (Å²) in [7, 11) is 0. The maximum Gasteiger partial charge on any atom is 0.127 e. The third-order valence-corrected chi connectivity index (χ3v) is 4.68. The molecule has 1 N–H and O–H groups in total. The molecule has 0 aromatic heterocycles. The van der Waals surface area contributed by atoms with Crippen molar-refractivity contribution in [1.29, 1.82) is 0 Å². The molecule has 3 rings (SSSR count). The second-order valence-electron chi connectivity index (χ2n) is 6.31. The average Bonchev–Trinajstić information content (AvgIpc) is 2.80. The zero-order valence-corrected chi connectivity index (χ0v) is 12.4. The first-order chi connectivity index (χ1) is 9.13. The largest absolute Gasteiger partial charge is 0.487 e. The topological polar surface area (TPSA) is 21.3 Å². The van der Waals surface area contributed by atoms with Crippen molar-refractivity contribution in [3.8, 4) is 5.75 Å². The standard InChI is InChI=1S/C17H25NO/c1-4-18-15-11-17(7-5-6-8-17)19-16-13(3)9-12(2)10-14(15)16/h9-10,15,18H,4-8,11H2,1-3H3. The molecule has 19 heavy (non-hydrogen) atoms. The van der Waals surface area contributed by atoms with Crippen LogP contribution in [0.4, 0.5) is 0 Å². The molecule has 1 atom stereocenters. The van der Waals surface area contributed by atoms with Crippen LogP contribution in [-0.4, -0.2) is 12.1 Å². The van der Waals surface area contributed by atoms with Gasteiger partial charge in [-0.05, 0) is 51.6 Å². The van der Waals surface area contributed by atoms with Crippen molar-refractivity contribution in [3.05, 3.63) is 28.8 Å². The molecule has 1 heterocycles. The highest BCUT2D eigenvalue weighted by atomic mass is 16.5. The third kappa shape index (κ3) is 2.27. The van der Waals surface area contributed by atoms with Gasteiger partial charge in [-0.3, -0.25) is 0 Å². The van der Waals surface area contributed by atoms with E-state index in [4.69, 9.17) is 4.74 Å². The fraction of sp³-hybridized carbons (Fsp3) is 0.647. The van der Waals surface area contributed by atoms with E-state index in [0.717, 1.165) is 18.7 Å². The molecule has 2 heteroatoms. The molecule has 1 aromatic rings. The molecular weight excluding hydrogens is 234 g/mol. The van der Waals surface area contributed by atoms with Crippen molar-refractivity contribution < 1.29 is 4.74 Å². The van der Waals surface area contributed by atoms with E-state index in [2.05, 4.69) is 38.2 Å². The summed E-state index contributed by atoms with van der Waals surface area (Å²) in [5.41, 5.74) is 4.12. The van der Waals surface area contributed by atoms with Gasteiger partial charge in [0.05, 0.1) is 0 Å². The monoisotopic (exact) mass is 259 g/mol. The van der Waals surface area contributed by atoms with Crippen LogP contribution in [0.3, 0.4) is 0 Å². The molecule has 1 aromatic carbocycles. The smallest absolute Gasteiger partial charge is 0.127 e. The fourth-order valence-electron chi connectivity index (χ4n) is 3.88. The van der Waals surface area contributed by atoms with Crippen LogP contribution in [0.15, 0.2) is 12.1 Å². The lowest BCUT2D eigenvalue weighted by Crippen LogP contribution is -2.42. The fourth-order valence-corrected chi connectivity index (χ4v) is 3.88. The Bertz CT molecular complexity index is 474. The second-order valence-corrected chi connectivity index (χ2v) is 6.31. The number of aryl methyl sites for hydroxylation is 2. The molecule has 0 amide bonds. The highest BCUT2D eigenvalue weighted by Crippen LogP contribution is 2.48. The molecule has 1 aliphatic heterocycles. The Labute approximate surface area is 116 Å². The van der Waals surface area contributed by atoms with Gasteiger partial charge in [0.1, 0.15) is 11.4 Å². The minimum atomic E-state index is 0.111. The molecule has 1 spiro atoms. The van der Waals surface area contributed by atoms with Crippen molar-refractivity contribution >= 4 is 0 Å². The van der Waals surface area contributed by atoms with Gasteiger partial charge in [0.2, 0.25) is 0 Å². The number of hydrogen-bond donors (Lipinski definition) is 1. The van der Waals surface area contributed by atoms with Crippen LogP contribution >= 0.6 is 0 Å². The van der Waals surface area contributed by atoms with Crippen LogP contribution in [0.2, 0.25) is 0 Å². The minimum absolute atomic E-state index is 0.111. The van der Waals surface area contributed by atoms with Crippen molar-refractivity contribution in [2.75, 3.05) is 6.54 Å². The van der Waals surface area contributed by atoms with E-state index >= 15 is 0 Å². The number of nitrogens with one attached hydrogen (secondary N) is 1. The summed E-state index contributed by atoms with van der Waals surface area (Å²) in [6.07, 6.45) is 6.22. The van der Waals surface area contributed by atoms with Crippen LogP contribution < -0.4 is 10.1 Å². The Balaban J connectivity index is 2.03. The van der Waals surface area contributed by atoms with Gasteiger partial charge in [0, 0.05) is 18.0 Å². The van der Waals surface area contributed by atoms with Gasteiger partial charge < -0.3 is 10.1 Å². The number of rotatable bonds is 2. The molecule has 2 aliphatic rings. The average molecular weight is 259 g/mol. The molecule has 2 nitrogen and oxygen atoms in total. The van der Waals surface area contributed by atoms with E-state index < -0.39 is 0 Å². The summed E-state index contributed by atoms with van der Waals surface area (Å²) in [4.78, 5) is 0. The summed E-state index contributed by atoms with van der Waals surface area (Å²) in [5.74, 6) is 1.16. The molecule has 1 fully saturated rings. The summed E-state index contributed by atoms with van der Waals surface area (Å²) in [5, 5.41) is 3.67. The third-order valence-electron chi connectivity index (χ3n) is 4.68. The van der Waals surface area contributed by atoms with Crippen molar-refractivity contribution in [3.63, 3.8) is 0 Å². The van der Waals surface area contributed by atoms with Crippen LogP contribution in [-0.2, 0) is 0 Å². The first-order valence-electron chi connectivity index (χ1n) is 7.67. The zero-order valence-electron chi connectivity index (χ0n) is 12.4. The molecular formula is C17H25NO. The zero-order chi connectivity index (χ0) is 13.5. The molecule has 0 bridgehead atoms.